The molecule has 0 aromatic heterocycles. The molecule has 0 radical (unpaired) electrons. The Morgan fingerprint density at radius 3 is 2.25 bits per heavy atom. The topological polar surface area (TPSA) is 84.2 Å². The molecule has 0 atom stereocenters. The van der Waals surface area contributed by atoms with Crippen molar-refractivity contribution in [1.29, 1.82) is 0 Å². The molecular weight excluding hydrogens is 278 g/mol. The summed E-state index contributed by atoms with van der Waals surface area (Å²) < 4.78 is 0. The van der Waals surface area contributed by atoms with E-state index in [0.717, 1.165) is 6.42 Å². The van der Waals surface area contributed by atoms with E-state index in [1.54, 1.807) is 0 Å². The van der Waals surface area contributed by atoms with Crippen molar-refractivity contribution in [2.45, 2.75) is 20.3 Å². The number of hydrogen-bond donors (Lipinski definition) is 3. The van der Waals surface area contributed by atoms with Gasteiger partial charge in [-0.2, -0.15) is 0 Å². The van der Waals surface area contributed by atoms with Gasteiger partial charge in [0, 0.05) is 6.54 Å². The standard InChI is InChI=1S/C14H21N3O2.ClH/c1-10-4-3-5-11(2)12(10)6-7-16-14(19)9-17-13(18)8-15;/h3-5H,6-9,15H2,1-2H3,(H,16,19)(H,17,18);1H. The van der Waals surface area contributed by atoms with Gasteiger partial charge in [-0.05, 0) is 37.0 Å². The number of benzene rings is 1. The summed E-state index contributed by atoms with van der Waals surface area (Å²) in [6.07, 6.45) is 0.787. The SMILES string of the molecule is Cc1cccc(C)c1CCNC(=O)CNC(=O)CN.Cl. The molecule has 0 heterocycles. The Labute approximate surface area is 125 Å². The summed E-state index contributed by atoms with van der Waals surface area (Å²) in [6, 6.07) is 6.15. The van der Waals surface area contributed by atoms with E-state index in [4.69, 9.17) is 5.73 Å². The summed E-state index contributed by atoms with van der Waals surface area (Å²) in [4.78, 5) is 22.3. The first kappa shape index (κ1) is 18.4. The molecule has 0 spiro atoms. The van der Waals surface area contributed by atoms with Crippen LogP contribution in [0.4, 0.5) is 0 Å². The molecule has 6 heteroatoms. The fourth-order valence-corrected chi connectivity index (χ4v) is 1.88. The zero-order chi connectivity index (χ0) is 14.3. The second-order valence-electron chi connectivity index (χ2n) is 4.45. The van der Waals surface area contributed by atoms with Crippen LogP contribution in [-0.4, -0.2) is 31.4 Å². The normalized spacial score (nSPS) is 9.55. The van der Waals surface area contributed by atoms with E-state index in [1.165, 1.54) is 16.7 Å². The number of halogens is 1. The van der Waals surface area contributed by atoms with E-state index in [2.05, 4.69) is 36.6 Å². The van der Waals surface area contributed by atoms with E-state index in [1.807, 2.05) is 6.07 Å². The Morgan fingerprint density at radius 1 is 1.10 bits per heavy atom. The van der Waals surface area contributed by atoms with Gasteiger partial charge < -0.3 is 16.4 Å². The van der Waals surface area contributed by atoms with Crippen LogP contribution in [0.5, 0.6) is 0 Å². The van der Waals surface area contributed by atoms with Gasteiger partial charge in [0.1, 0.15) is 0 Å². The molecule has 0 aliphatic carbocycles. The number of amides is 2. The second-order valence-corrected chi connectivity index (χ2v) is 4.45. The van der Waals surface area contributed by atoms with Crippen molar-refractivity contribution < 1.29 is 9.59 Å². The average molecular weight is 300 g/mol. The highest BCUT2D eigenvalue weighted by Gasteiger charge is 2.05. The quantitative estimate of drug-likeness (QED) is 0.713. The molecule has 4 N–H and O–H groups in total. The molecular formula is C14H22ClN3O2. The number of nitrogens with one attached hydrogen (secondary N) is 2. The number of hydrogen-bond acceptors (Lipinski definition) is 3. The molecule has 0 bridgehead atoms. The van der Waals surface area contributed by atoms with Crippen LogP contribution >= 0.6 is 12.4 Å². The van der Waals surface area contributed by atoms with Gasteiger partial charge in [-0.15, -0.1) is 12.4 Å². The van der Waals surface area contributed by atoms with Crippen LogP contribution in [0.25, 0.3) is 0 Å². The fraction of sp³-hybridized carbons (Fsp3) is 0.429. The summed E-state index contributed by atoms with van der Waals surface area (Å²) in [6.45, 7) is 4.55. The van der Waals surface area contributed by atoms with Gasteiger partial charge >= 0.3 is 0 Å². The summed E-state index contributed by atoms with van der Waals surface area (Å²) in [5.41, 5.74) is 8.84. The van der Waals surface area contributed by atoms with E-state index < -0.39 is 0 Å². The van der Waals surface area contributed by atoms with Gasteiger partial charge in [-0.25, -0.2) is 0 Å². The molecule has 1 aromatic carbocycles. The first-order chi connectivity index (χ1) is 9.04. The first-order valence-electron chi connectivity index (χ1n) is 6.33. The molecule has 0 saturated carbocycles. The maximum atomic E-state index is 11.5. The van der Waals surface area contributed by atoms with Gasteiger partial charge in [0.05, 0.1) is 13.1 Å². The lowest BCUT2D eigenvalue weighted by atomic mass is 10.0. The molecule has 0 unspecified atom stereocenters. The molecule has 0 saturated heterocycles. The number of nitrogens with two attached hydrogens (primary N) is 1. The molecule has 0 aliphatic rings. The molecule has 1 rings (SSSR count). The molecule has 5 nitrogen and oxygen atoms in total. The number of carbonyl (C=O) groups is 2. The molecule has 0 aliphatic heterocycles. The number of rotatable bonds is 6. The Bertz CT molecular complexity index is 443. The zero-order valence-electron chi connectivity index (χ0n) is 11.9. The minimum absolute atomic E-state index is 0. The smallest absolute Gasteiger partial charge is 0.239 e. The molecule has 20 heavy (non-hydrogen) atoms. The number of carbonyl (C=O) groups excluding carboxylic acids is 2. The predicted molar refractivity (Wildman–Crippen MR) is 81.9 cm³/mol. The van der Waals surface area contributed by atoms with Crippen molar-refractivity contribution in [3.05, 3.63) is 34.9 Å². The zero-order valence-corrected chi connectivity index (χ0v) is 12.7. The van der Waals surface area contributed by atoms with Gasteiger partial charge in [0.2, 0.25) is 11.8 Å². The first-order valence-corrected chi connectivity index (χ1v) is 6.33. The monoisotopic (exact) mass is 299 g/mol. The summed E-state index contributed by atoms with van der Waals surface area (Å²) in [5, 5.41) is 5.20. The lowest BCUT2D eigenvalue weighted by molar-refractivity contribution is -0.125. The minimum atomic E-state index is -0.329. The van der Waals surface area contributed by atoms with E-state index in [-0.39, 0.29) is 37.3 Å². The Balaban J connectivity index is 0.00000361. The molecule has 112 valence electrons. The third-order valence-electron chi connectivity index (χ3n) is 2.97. The summed E-state index contributed by atoms with van der Waals surface area (Å²) in [7, 11) is 0. The van der Waals surface area contributed by atoms with Crippen LogP contribution in [0.1, 0.15) is 16.7 Å². The van der Waals surface area contributed by atoms with Crippen LogP contribution in [0, 0.1) is 13.8 Å². The highest BCUT2D eigenvalue weighted by atomic mass is 35.5. The Morgan fingerprint density at radius 2 is 1.70 bits per heavy atom. The van der Waals surface area contributed by atoms with Crippen LogP contribution in [0.3, 0.4) is 0 Å². The maximum Gasteiger partial charge on any atom is 0.239 e. The van der Waals surface area contributed by atoms with Gasteiger partial charge in [0.15, 0.2) is 0 Å². The lowest BCUT2D eigenvalue weighted by Gasteiger charge is -2.10. The van der Waals surface area contributed by atoms with Crippen LogP contribution in [0.2, 0.25) is 0 Å². The Hall–Kier alpha value is -1.59. The van der Waals surface area contributed by atoms with E-state index >= 15 is 0 Å². The maximum absolute atomic E-state index is 11.5. The largest absolute Gasteiger partial charge is 0.354 e. The lowest BCUT2D eigenvalue weighted by Crippen LogP contribution is -2.40. The molecule has 1 aromatic rings. The van der Waals surface area contributed by atoms with Crippen LogP contribution in [0.15, 0.2) is 18.2 Å². The average Bonchev–Trinajstić information content (AvgIpc) is 2.39. The van der Waals surface area contributed by atoms with Gasteiger partial charge in [0.25, 0.3) is 0 Å². The Kier molecular flexibility index (Phi) is 8.59. The van der Waals surface area contributed by atoms with Crippen molar-refractivity contribution in [2.24, 2.45) is 5.73 Å². The fourth-order valence-electron chi connectivity index (χ4n) is 1.88. The highest BCUT2D eigenvalue weighted by Crippen LogP contribution is 2.13. The van der Waals surface area contributed by atoms with Crippen molar-refractivity contribution in [3.63, 3.8) is 0 Å². The van der Waals surface area contributed by atoms with Crippen molar-refractivity contribution in [3.8, 4) is 0 Å². The van der Waals surface area contributed by atoms with Crippen molar-refractivity contribution in [2.75, 3.05) is 19.6 Å². The minimum Gasteiger partial charge on any atom is -0.354 e. The highest BCUT2D eigenvalue weighted by molar-refractivity contribution is 5.85. The summed E-state index contributed by atoms with van der Waals surface area (Å²) >= 11 is 0. The third-order valence-corrected chi connectivity index (χ3v) is 2.97. The second kappa shape index (κ2) is 9.34. The van der Waals surface area contributed by atoms with Crippen LogP contribution < -0.4 is 16.4 Å². The third kappa shape index (κ3) is 6.04. The molecule has 0 fully saturated rings. The predicted octanol–water partition coefficient (Wildman–Crippen LogP) is 0.459. The molecule has 2 amide bonds. The van der Waals surface area contributed by atoms with Gasteiger partial charge in [-0.3, -0.25) is 9.59 Å². The van der Waals surface area contributed by atoms with E-state index in [0.29, 0.717) is 6.54 Å². The van der Waals surface area contributed by atoms with Crippen molar-refractivity contribution >= 4 is 24.2 Å². The number of aryl methyl sites for hydroxylation is 2. The van der Waals surface area contributed by atoms with Crippen LogP contribution in [-0.2, 0) is 16.0 Å². The summed E-state index contributed by atoms with van der Waals surface area (Å²) in [5.74, 6) is -0.530. The van der Waals surface area contributed by atoms with E-state index in [9.17, 15) is 9.59 Å². The van der Waals surface area contributed by atoms with Crippen molar-refractivity contribution in [1.82, 2.24) is 10.6 Å². The van der Waals surface area contributed by atoms with Gasteiger partial charge in [-0.1, -0.05) is 18.2 Å².